The summed E-state index contributed by atoms with van der Waals surface area (Å²) in [5.74, 6) is 2.69. The monoisotopic (exact) mass is 353 g/mol. The number of hydrogen-bond acceptors (Lipinski definition) is 5. The van der Waals surface area contributed by atoms with Crippen LogP contribution in [0.15, 0.2) is 30.6 Å². The zero-order valence-electron chi connectivity index (χ0n) is 16.5. The molecule has 2 aromatic rings. The van der Waals surface area contributed by atoms with Crippen molar-refractivity contribution in [2.45, 2.75) is 40.5 Å². The van der Waals surface area contributed by atoms with Gasteiger partial charge in [-0.3, -0.25) is 0 Å². The van der Waals surface area contributed by atoms with Crippen molar-refractivity contribution in [3.63, 3.8) is 0 Å². The van der Waals surface area contributed by atoms with Crippen molar-refractivity contribution in [3.8, 4) is 0 Å². The quantitative estimate of drug-likeness (QED) is 0.821. The maximum Gasteiger partial charge on any atom is 0.135 e. The van der Waals surface area contributed by atoms with Gasteiger partial charge in [-0.1, -0.05) is 6.92 Å². The maximum absolute atomic E-state index is 4.48. The van der Waals surface area contributed by atoms with Gasteiger partial charge in [0.1, 0.15) is 18.0 Å². The molecule has 5 nitrogen and oxygen atoms in total. The number of aromatic nitrogens is 2. The van der Waals surface area contributed by atoms with E-state index >= 15 is 0 Å². The third kappa shape index (κ3) is 4.26. The van der Waals surface area contributed by atoms with Crippen molar-refractivity contribution in [1.82, 2.24) is 9.97 Å². The Kier molecular flexibility index (Phi) is 5.96. The van der Waals surface area contributed by atoms with Crippen LogP contribution in [-0.2, 0) is 0 Å². The van der Waals surface area contributed by atoms with Crippen molar-refractivity contribution < 1.29 is 0 Å². The summed E-state index contributed by atoms with van der Waals surface area (Å²) in [6.45, 7) is 13.0. The second kappa shape index (κ2) is 8.39. The molecular formula is C21H31N5. The van der Waals surface area contributed by atoms with Gasteiger partial charge >= 0.3 is 0 Å². The van der Waals surface area contributed by atoms with E-state index in [1.54, 1.807) is 6.33 Å². The third-order valence-corrected chi connectivity index (χ3v) is 5.36. The highest BCUT2D eigenvalue weighted by Gasteiger charge is 2.17. The van der Waals surface area contributed by atoms with Gasteiger partial charge in [-0.25, -0.2) is 9.97 Å². The summed E-state index contributed by atoms with van der Waals surface area (Å²) < 4.78 is 0. The molecule has 140 valence electrons. The van der Waals surface area contributed by atoms with Gasteiger partial charge in [0, 0.05) is 43.6 Å². The van der Waals surface area contributed by atoms with E-state index in [4.69, 9.17) is 0 Å². The van der Waals surface area contributed by atoms with Crippen LogP contribution in [0.25, 0.3) is 0 Å². The number of piperidine rings is 1. The van der Waals surface area contributed by atoms with Gasteiger partial charge in [-0.15, -0.1) is 0 Å². The molecule has 1 aliphatic heterocycles. The van der Waals surface area contributed by atoms with E-state index < -0.39 is 0 Å². The lowest BCUT2D eigenvalue weighted by Crippen LogP contribution is -2.33. The van der Waals surface area contributed by atoms with E-state index in [9.17, 15) is 0 Å². The molecule has 5 heteroatoms. The zero-order valence-corrected chi connectivity index (χ0v) is 16.5. The molecule has 1 aromatic carbocycles. The molecule has 1 aliphatic rings. The molecule has 1 saturated heterocycles. The van der Waals surface area contributed by atoms with Crippen LogP contribution >= 0.6 is 0 Å². The largest absolute Gasteiger partial charge is 0.372 e. The van der Waals surface area contributed by atoms with Gasteiger partial charge in [0.15, 0.2) is 0 Å². The van der Waals surface area contributed by atoms with Crippen LogP contribution in [0, 0.1) is 12.8 Å². The lowest BCUT2D eigenvalue weighted by Gasteiger charge is -2.31. The summed E-state index contributed by atoms with van der Waals surface area (Å²) in [6.07, 6.45) is 4.13. The van der Waals surface area contributed by atoms with E-state index in [1.807, 2.05) is 0 Å². The molecule has 0 radical (unpaired) electrons. The predicted molar refractivity (Wildman–Crippen MR) is 111 cm³/mol. The number of hydrogen-bond donors (Lipinski definition) is 1. The summed E-state index contributed by atoms with van der Waals surface area (Å²) in [4.78, 5) is 13.6. The number of aryl methyl sites for hydroxylation is 1. The molecule has 26 heavy (non-hydrogen) atoms. The fourth-order valence-corrected chi connectivity index (χ4v) is 3.54. The van der Waals surface area contributed by atoms with Crippen molar-refractivity contribution in [3.05, 3.63) is 36.2 Å². The first-order valence-electron chi connectivity index (χ1n) is 9.80. The van der Waals surface area contributed by atoms with Crippen LogP contribution in [0.4, 0.5) is 23.0 Å². The van der Waals surface area contributed by atoms with Crippen LogP contribution in [0.5, 0.6) is 0 Å². The van der Waals surface area contributed by atoms with Gasteiger partial charge in [-0.2, -0.15) is 0 Å². The van der Waals surface area contributed by atoms with Crippen LogP contribution in [0.3, 0.4) is 0 Å². The number of benzene rings is 1. The van der Waals surface area contributed by atoms with Crippen molar-refractivity contribution in [2.24, 2.45) is 5.92 Å². The summed E-state index contributed by atoms with van der Waals surface area (Å²) in [5, 5.41) is 3.47. The molecule has 2 heterocycles. The van der Waals surface area contributed by atoms with E-state index in [2.05, 4.69) is 77.0 Å². The Labute approximate surface area is 157 Å². The zero-order chi connectivity index (χ0) is 18.5. The molecule has 0 bridgehead atoms. The topological polar surface area (TPSA) is 44.3 Å². The van der Waals surface area contributed by atoms with E-state index in [0.717, 1.165) is 49.4 Å². The number of nitrogens with one attached hydrogen (secondary N) is 1. The molecule has 1 N–H and O–H groups in total. The number of rotatable bonds is 6. The standard InChI is InChI=1S/C21H31N5/c1-5-25(6-2)18-7-8-19(17(4)13-18)24-20-14-21(23-15-22-20)26-11-9-16(3)10-12-26/h7-8,13-16H,5-6,9-12H2,1-4H3,(H,22,23,24). The van der Waals surface area contributed by atoms with Gasteiger partial charge in [0.2, 0.25) is 0 Å². The lowest BCUT2D eigenvalue weighted by molar-refractivity contribution is 0.436. The number of anilines is 4. The van der Waals surface area contributed by atoms with Crippen LogP contribution in [0.1, 0.15) is 39.2 Å². The Morgan fingerprint density at radius 2 is 1.85 bits per heavy atom. The smallest absolute Gasteiger partial charge is 0.135 e. The van der Waals surface area contributed by atoms with E-state index in [0.29, 0.717) is 0 Å². The highest BCUT2D eigenvalue weighted by atomic mass is 15.2. The molecule has 0 atom stereocenters. The predicted octanol–water partition coefficient (Wildman–Crippen LogP) is 4.61. The van der Waals surface area contributed by atoms with Gasteiger partial charge in [0.25, 0.3) is 0 Å². The Morgan fingerprint density at radius 1 is 1.12 bits per heavy atom. The third-order valence-electron chi connectivity index (χ3n) is 5.36. The highest BCUT2D eigenvalue weighted by molar-refractivity contribution is 5.66. The maximum atomic E-state index is 4.48. The fourth-order valence-electron chi connectivity index (χ4n) is 3.54. The normalized spacial score (nSPS) is 15.2. The van der Waals surface area contributed by atoms with Gasteiger partial charge < -0.3 is 15.1 Å². The molecule has 0 aliphatic carbocycles. The molecule has 0 amide bonds. The molecule has 1 aromatic heterocycles. The summed E-state index contributed by atoms with van der Waals surface area (Å²) in [5.41, 5.74) is 3.59. The summed E-state index contributed by atoms with van der Waals surface area (Å²) in [6, 6.07) is 8.63. The first kappa shape index (κ1) is 18.5. The fraction of sp³-hybridized carbons (Fsp3) is 0.524. The van der Waals surface area contributed by atoms with E-state index in [1.165, 1.54) is 24.1 Å². The van der Waals surface area contributed by atoms with Crippen molar-refractivity contribution in [1.29, 1.82) is 0 Å². The first-order chi connectivity index (χ1) is 12.6. The highest BCUT2D eigenvalue weighted by Crippen LogP contribution is 2.27. The van der Waals surface area contributed by atoms with Gasteiger partial charge in [-0.05, 0) is 63.3 Å². The Balaban J connectivity index is 1.74. The van der Waals surface area contributed by atoms with Crippen LogP contribution < -0.4 is 15.1 Å². The first-order valence-corrected chi connectivity index (χ1v) is 9.80. The Bertz CT molecular complexity index is 718. The van der Waals surface area contributed by atoms with Gasteiger partial charge in [0.05, 0.1) is 0 Å². The minimum atomic E-state index is 0.817. The minimum absolute atomic E-state index is 0.817. The molecule has 0 spiro atoms. The summed E-state index contributed by atoms with van der Waals surface area (Å²) in [7, 11) is 0. The van der Waals surface area contributed by atoms with Crippen molar-refractivity contribution in [2.75, 3.05) is 41.3 Å². The van der Waals surface area contributed by atoms with E-state index in [-0.39, 0.29) is 0 Å². The van der Waals surface area contributed by atoms with Crippen molar-refractivity contribution >= 4 is 23.0 Å². The van der Waals surface area contributed by atoms with Crippen LogP contribution in [-0.4, -0.2) is 36.1 Å². The second-order valence-electron chi connectivity index (χ2n) is 7.23. The molecule has 3 rings (SSSR count). The molecule has 0 saturated carbocycles. The SMILES string of the molecule is CCN(CC)c1ccc(Nc2cc(N3CCC(C)CC3)ncn2)c(C)c1. The molecular weight excluding hydrogens is 322 g/mol. The van der Waals surface area contributed by atoms with Crippen LogP contribution in [0.2, 0.25) is 0 Å². The summed E-state index contributed by atoms with van der Waals surface area (Å²) >= 11 is 0. The average Bonchev–Trinajstić information content (AvgIpc) is 2.66. The molecule has 1 fully saturated rings. The average molecular weight is 354 g/mol. The second-order valence-corrected chi connectivity index (χ2v) is 7.23. The molecule has 0 unspecified atom stereocenters. The minimum Gasteiger partial charge on any atom is -0.372 e. The Morgan fingerprint density at radius 3 is 2.50 bits per heavy atom. The number of nitrogens with zero attached hydrogens (tertiary/aromatic N) is 4. The Hall–Kier alpha value is -2.30. The lowest BCUT2D eigenvalue weighted by atomic mass is 9.99.